The number of hydrogen-bond donors (Lipinski definition) is 0. The number of pyridine rings is 1. The van der Waals surface area contributed by atoms with Crippen LogP contribution in [0.5, 0.6) is 0 Å². The average molecular weight is 263 g/mol. The molecule has 0 amide bonds. The van der Waals surface area contributed by atoms with Crippen LogP contribution in [0, 0.1) is 0 Å². The third kappa shape index (κ3) is 2.48. The van der Waals surface area contributed by atoms with Crippen LogP contribution in [0.3, 0.4) is 0 Å². The second-order valence-corrected chi connectivity index (χ2v) is 5.10. The lowest BCUT2D eigenvalue weighted by atomic mass is 10.0. The molecule has 0 aliphatic rings. The normalized spacial score (nSPS) is 10.9. The van der Waals surface area contributed by atoms with Crippen LogP contribution in [-0.4, -0.2) is 14.8 Å². The molecule has 20 heavy (non-hydrogen) atoms. The second kappa shape index (κ2) is 5.29. The van der Waals surface area contributed by atoms with E-state index < -0.39 is 0 Å². The molecular formula is C17H17N3. The zero-order chi connectivity index (χ0) is 13.9. The minimum atomic E-state index is 0.380. The topological polar surface area (TPSA) is 30.7 Å². The Kier molecular flexibility index (Phi) is 3.33. The lowest BCUT2D eigenvalue weighted by molar-refractivity contribution is 0.534. The predicted octanol–water partition coefficient (Wildman–Crippen LogP) is 4.19. The first-order chi connectivity index (χ1) is 9.74. The van der Waals surface area contributed by atoms with Crippen molar-refractivity contribution in [2.24, 2.45) is 0 Å². The smallest absolute Gasteiger partial charge is 0.0923 e. The molecule has 2 aromatic heterocycles. The van der Waals surface area contributed by atoms with Gasteiger partial charge >= 0.3 is 0 Å². The lowest BCUT2D eigenvalue weighted by Crippen LogP contribution is -2.00. The highest BCUT2D eigenvalue weighted by Gasteiger charge is 2.06. The van der Waals surface area contributed by atoms with Gasteiger partial charge in [-0.2, -0.15) is 5.10 Å². The summed E-state index contributed by atoms with van der Waals surface area (Å²) in [6.07, 6.45) is 5.69. The first kappa shape index (κ1) is 12.6. The second-order valence-electron chi connectivity index (χ2n) is 5.10. The van der Waals surface area contributed by atoms with Gasteiger partial charge in [-0.05, 0) is 37.6 Å². The van der Waals surface area contributed by atoms with Crippen LogP contribution in [0.25, 0.3) is 22.4 Å². The van der Waals surface area contributed by atoms with Crippen molar-refractivity contribution in [2.45, 2.75) is 19.9 Å². The molecule has 3 nitrogen and oxygen atoms in total. The molecule has 0 fully saturated rings. The van der Waals surface area contributed by atoms with Crippen molar-refractivity contribution in [3.63, 3.8) is 0 Å². The third-order valence-electron chi connectivity index (χ3n) is 3.29. The van der Waals surface area contributed by atoms with Gasteiger partial charge < -0.3 is 0 Å². The molecule has 3 heteroatoms. The number of rotatable bonds is 3. The van der Waals surface area contributed by atoms with Gasteiger partial charge in [0.25, 0.3) is 0 Å². The quantitative estimate of drug-likeness (QED) is 0.709. The van der Waals surface area contributed by atoms with Crippen molar-refractivity contribution in [1.29, 1.82) is 0 Å². The summed E-state index contributed by atoms with van der Waals surface area (Å²) in [5.74, 6) is 0. The third-order valence-corrected chi connectivity index (χ3v) is 3.29. The van der Waals surface area contributed by atoms with Crippen LogP contribution in [0.15, 0.2) is 61.1 Å². The van der Waals surface area contributed by atoms with E-state index >= 15 is 0 Å². The maximum absolute atomic E-state index is 4.62. The fraction of sp³-hybridized carbons (Fsp3) is 0.176. The highest BCUT2D eigenvalue weighted by atomic mass is 15.3. The minimum Gasteiger partial charge on any atom is -0.270 e. The molecule has 0 saturated carbocycles. The first-order valence-electron chi connectivity index (χ1n) is 6.80. The van der Waals surface area contributed by atoms with Gasteiger partial charge in [0.1, 0.15) is 0 Å². The highest BCUT2D eigenvalue weighted by molar-refractivity contribution is 5.70. The number of nitrogens with zero attached hydrogens (tertiary/aromatic N) is 3. The molecule has 0 N–H and O–H groups in total. The molecule has 0 radical (unpaired) electrons. The largest absolute Gasteiger partial charge is 0.270 e. The molecule has 0 atom stereocenters. The van der Waals surface area contributed by atoms with Gasteiger partial charge in [-0.15, -0.1) is 0 Å². The van der Waals surface area contributed by atoms with Gasteiger partial charge in [0.2, 0.25) is 0 Å². The molecule has 3 aromatic rings. The van der Waals surface area contributed by atoms with Gasteiger partial charge in [0.15, 0.2) is 0 Å². The molecule has 1 aromatic carbocycles. The van der Waals surface area contributed by atoms with Crippen LogP contribution in [0.2, 0.25) is 0 Å². The fourth-order valence-electron chi connectivity index (χ4n) is 2.17. The number of benzene rings is 1. The summed E-state index contributed by atoms with van der Waals surface area (Å²) in [7, 11) is 0. The molecule has 0 aliphatic heterocycles. The van der Waals surface area contributed by atoms with Gasteiger partial charge in [0, 0.05) is 35.8 Å². The summed E-state index contributed by atoms with van der Waals surface area (Å²) >= 11 is 0. The summed E-state index contributed by atoms with van der Waals surface area (Å²) in [5.41, 5.74) is 4.42. The van der Waals surface area contributed by atoms with Gasteiger partial charge in [-0.3, -0.25) is 9.67 Å². The minimum absolute atomic E-state index is 0.380. The van der Waals surface area contributed by atoms with Crippen molar-refractivity contribution in [3.05, 3.63) is 61.1 Å². The van der Waals surface area contributed by atoms with E-state index in [4.69, 9.17) is 0 Å². The van der Waals surface area contributed by atoms with Gasteiger partial charge in [0.05, 0.1) is 5.69 Å². The van der Waals surface area contributed by atoms with E-state index in [1.807, 2.05) is 23.1 Å². The summed E-state index contributed by atoms with van der Waals surface area (Å²) < 4.78 is 1.98. The zero-order valence-corrected chi connectivity index (χ0v) is 11.7. The standard InChI is InChI=1S/C17H17N3/c1-13(2)20-10-8-17(19-20)15-6-3-5-14(11-15)16-7-4-9-18-12-16/h3-13H,1-2H3. The number of hydrogen-bond acceptors (Lipinski definition) is 2. The summed E-state index contributed by atoms with van der Waals surface area (Å²) in [6, 6.07) is 14.9. The molecular weight excluding hydrogens is 246 g/mol. The first-order valence-corrected chi connectivity index (χ1v) is 6.80. The van der Waals surface area contributed by atoms with E-state index in [-0.39, 0.29) is 0 Å². The van der Waals surface area contributed by atoms with Gasteiger partial charge in [-0.1, -0.05) is 24.3 Å². The van der Waals surface area contributed by atoms with Crippen LogP contribution < -0.4 is 0 Å². The Balaban J connectivity index is 1.99. The van der Waals surface area contributed by atoms with Crippen molar-refractivity contribution in [1.82, 2.24) is 14.8 Å². The van der Waals surface area contributed by atoms with E-state index in [2.05, 4.69) is 60.3 Å². The number of aromatic nitrogens is 3. The highest BCUT2D eigenvalue weighted by Crippen LogP contribution is 2.25. The van der Waals surface area contributed by atoms with Crippen LogP contribution in [0.1, 0.15) is 19.9 Å². The van der Waals surface area contributed by atoms with Crippen LogP contribution >= 0.6 is 0 Å². The van der Waals surface area contributed by atoms with E-state index in [1.165, 1.54) is 0 Å². The maximum Gasteiger partial charge on any atom is 0.0923 e. The van der Waals surface area contributed by atoms with Gasteiger partial charge in [-0.25, -0.2) is 0 Å². The molecule has 3 rings (SSSR count). The zero-order valence-electron chi connectivity index (χ0n) is 11.7. The molecule has 100 valence electrons. The Morgan fingerprint density at radius 3 is 2.45 bits per heavy atom. The SMILES string of the molecule is CC(C)n1ccc(-c2cccc(-c3cccnc3)c2)n1. The Morgan fingerprint density at radius 2 is 1.75 bits per heavy atom. The van der Waals surface area contributed by atoms with E-state index in [9.17, 15) is 0 Å². The molecule has 0 bridgehead atoms. The Labute approximate surface area is 118 Å². The molecule has 2 heterocycles. The molecule has 0 saturated heterocycles. The van der Waals surface area contributed by atoms with E-state index in [1.54, 1.807) is 6.20 Å². The Bertz CT molecular complexity index is 699. The lowest BCUT2D eigenvalue weighted by Gasteiger charge is -2.05. The fourth-order valence-corrected chi connectivity index (χ4v) is 2.17. The maximum atomic E-state index is 4.62. The Hall–Kier alpha value is -2.42. The van der Waals surface area contributed by atoms with Crippen molar-refractivity contribution in [3.8, 4) is 22.4 Å². The van der Waals surface area contributed by atoms with Crippen LogP contribution in [-0.2, 0) is 0 Å². The van der Waals surface area contributed by atoms with E-state index in [0.717, 1.165) is 22.4 Å². The monoisotopic (exact) mass is 263 g/mol. The average Bonchev–Trinajstić information content (AvgIpc) is 2.98. The van der Waals surface area contributed by atoms with Crippen molar-refractivity contribution < 1.29 is 0 Å². The molecule has 0 aliphatic carbocycles. The Morgan fingerprint density at radius 1 is 0.950 bits per heavy atom. The summed E-state index contributed by atoms with van der Waals surface area (Å²) in [6.45, 7) is 4.26. The van der Waals surface area contributed by atoms with E-state index in [0.29, 0.717) is 6.04 Å². The van der Waals surface area contributed by atoms with Crippen molar-refractivity contribution >= 4 is 0 Å². The summed E-state index contributed by atoms with van der Waals surface area (Å²) in [5, 5.41) is 4.62. The summed E-state index contributed by atoms with van der Waals surface area (Å²) in [4.78, 5) is 4.17. The van der Waals surface area contributed by atoms with Crippen LogP contribution in [0.4, 0.5) is 0 Å². The predicted molar refractivity (Wildman–Crippen MR) is 81.3 cm³/mol. The molecule has 0 unspecified atom stereocenters. The molecule has 0 spiro atoms. The van der Waals surface area contributed by atoms with Crippen molar-refractivity contribution in [2.75, 3.05) is 0 Å².